The Morgan fingerprint density at radius 3 is 1.92 bits per heavy atom. The van der Waals surface area contributed by atoms with Crippen LogP contribution in [-0.4, -0.2) is 48.3 Å². The summed E-state index contributed by atoms with van der Waals surface area (Å²) in [4.78, 5) is 0. The minimum absolute atomic E-state index is 0.0478. The van der Waals surface area contributed by atoms with Gasteiger partial charge in [0.2, 0.25) is 0 Å². The van der Waals surface area contributed by atoms with E-state index in [4.69, 9.17) is 19.7 Å². The first-order valence-electron chi connectivity index (χ1n) is 4.57. The van der Waals surface area contributed by atoms with Crippen LogP contribution in [0.5, 0.6) is 0 Å². The van der Waals surface area contributed by atoms with Crippen molar-refractivity contribution in [2.75, 3.05) is 19.8 Å². The van der Waals surface area contributed by atoms with Crippen molar-refractivity contribution in [2.45, 2.75) is 39.1 Å². The van der Waals surface area contributed by atoms with Gasteiger partial charge in [0.25, 0.3) is 0 Å². The SMILES string of the molecule is C[C@H](O)COC[C@H](C)OC[C@@H](C)O. The lowest BCUT2D eigenvalue weighted by Gasteiger charge is -2.15. The number of rotatable bonds is 7. The molecule has 0 amide bonds. The molecule has 4 heteroatoms. The maximum Gasteiger partial charge on any atom is 0.0781 e. The van der Waals surface area contributed by atoms with E-state index in [9.17, 15) is 0 Å². The van der Waals surface area contributed by atoms with Crippen LogP contribution in [0.4, 0.5) is 0 Å². The zero-order valence-electron chi connectivity index (χ0n) is 8.56. The number of ether oxygens (including phenoxy) is 2. The van der Waals surface area contributed by atoms with Crippen LogP contribution in [0.25, 0.3) is 0 Å². The Hall–Kier alpha value is -0.160. The van der Waals surface area contributed by atoms with Gasteiger partial charge in [-0.2, -0.15) is 0 Å². The monoisotopic (exact) mass is 192 g/mol. The van der Waals surface area contributed by atoms with Gasteiger partial charge in [0, 0.05) is 0 Å². The van der Waals surface area contributed by atoms with E-state index in [1.54, 1.807) is 13.8 Å². The Morgan fingerprint density at radius 2 is 1.46 bits per heavy atom. The van der Waals surface area contributed by atoms with Gasteiger partial charge in [-0.15, -0.1) is 0 Å². The Labute approximate surface area is 79.5 Å². The number of aliphatic hydroxyl groups excluding tert-OH is 2. The third-order valence-electron chi connectivity index (χ3n) is 1.33. The van der Waals surface area contributed by atoms with Gasteiger partial charge in [0.15, 0.2) is 0 Å². The van der Waals surface area contributed by atoms with Crippen molar-refractivity contribution < 1.29 is 19.7 Å². The highest BCUT2D eigenvalue weighted by Gasteiger charge is 2.05. The summed E-state index contributed by atoms with van der Waals surface area (Å²) in [6.07, 6.45) is -0.934. The molecule has 0 aliphatic heterocycles. The standard InChI is InChI=1S/C9H20O4/c1-7(10)4-12-6-9(3)13-5-8(2)11/h7-11H,4-6H2,1-3H3/t7-,8+,9-/m0/s1. The summed E-state index contributed by atoms with van der Waals surface area (Å²) in [6.45, 7) is 6.29. The summed E-state index contributed by atoms with van der Waals surface area (Å²) < 4.78 is 10.4. The average molecular weight is 192 g/mol. The van der Waals surface area contributed by atoms with Crippen LogP contribution >= 0.6 is 0 Å². The molecule has 0 aromatic heterocycles. The molecule has 0 saturated heterocycles. The van der Waals surface area contributed by atoms with Gasteiger partial charge in [-0.05, 0) is 20.8 Å². The summed E-state index contributed by atoms with van der Waals surface area (Å²) >= 11 is 0. The van der Waals surface area contributed by atoms with Crippen LogP contribution in [0.1, 0.15) is 20.8 Å². The Balaban J connectivity index is 3.25. The molecule has 0 spiro atoms. The van der Waals surface area contributed by atoms with Crippen molar-refractivity contribution >= 4 is 0 Å². The quantitative estimate of drug-likeness (QED) is 0.603. The highest BCUT2D eigenvalue weighted by Crippen LogP contribution is 1.95. The molecule has 0 bridgehead atoms. The predicted octanol–water partition coefficient (Wildman–Crippen LogP) is 0.170. The van der Waals surface area contributed by atoms with E-state index >= 15 is 0 Å². The van der Waals surface area contributed by atoms with E-state index in [2.05, 4.69) is 0 Å². The first-order valence-corrected chi connectivity index (χ1v) is 4.57. The van der Waals surface area contributed by atoms with Crippen LogP contribution < -0.4 is 0 Å². The van der Waals surface area contributed by atoms with Crippen molar-refractivity contribution in [1.82, 2.24) is 0 Å². The molecule has 0 aromatic rings. The molecular formula is C9H20O4. The normalized spacial score (nSPS) is 18.2. The van der Waals surface area contributed by atoms with Gasteiger partial charge >= 0.3 is 0 Å². The van der Waals surface area contributed by atoms with E-state index in [-0.39, 0.29) is 6.10 Å². The zero-order valence-corrected chi connectivity index (χ0v) is 8.56. The lowest BCUT2D eigenvalue weighted by molar-refractivity contribution is -0.0492. The van der Waals surface area contributed by atoms with E-state index in [0.717, 1.165) is 0 Å². The highest BCUT2D eigenvalue weighted by atomic mass is 16.5. The first-order chi connectivity index (χ1) is 6.02. The van der Waals surface area contributed by atoms with E-state index in [1.165, 1.54) is 0 Å². The zero-order chi connectivity index (χ0) is 10.3. The van der Waals surface area contributed by atoms with Crippen LogP contribution in [-0.2, 0) is 9.47 Å². The highest BCUT2D eigenvalue weighted by molar-refractivity contribution is 4.51. The van der Waals surface area contributed by atoms with Crippen LogP contribution in [0, 0.1) is 0 Å². The Kier molecular flexibility index (Phi) is 7.17. The van der Waals surface area contributed by atoms with Gasteiger partial charge in [0.1, 0.15) is 0 Å². The Bertz CT molecular complexity index is 114. The molecule has 0 unspecified atom stereocenters. The third kappa shape index (κ3) is 9.76. The summed E-state index contributed by atoms with van der Waals surface area (Å²) in [6, 6.07) is 0. The van der Waals surface area contributed by atoms with E-state index in [0.29, 0.717) is 19.8 Å². The van der Waals surface area contributed by atoms with Crippen molar-refractivity contribution in [1.29, 1.82) is 0 Å². The van der Waals surface area contributed by atoms with E-state index in [1.807, 2.05) is 6.92 Å². The maximum absolute atomic E-state index is 8.91. The average Bonchev–Trinajstić information content (AvgIpc) is 2.00. The number of hydrogen-bond donors (Lipinski definition) is 2. The fourth-order valence-corrected chi connectivity index (χ4v) is 0.756. The summed E-state index contributed by atoms with van der Waals surface area (Å²) in [7, 11) is 0. The Morgan fingerprint density at radius 1 is 0.923 bits per heavy atom. The van der Waals surface area contributed by atoms with Crippen LogP contribution in [0.3, 0.4) is 0 Å². The molecular weight excluding hydrogens is 172 g/mol. The molecule has 13 heavy (non-hydrogen) atoms. The summed E-state index contributed by atoms with van der Waals surface area (Å²) in [5.41, 5.74) is 0. The second-order valence-electron chi connectivity index (χ2n) is 3.38. The minimum Gasteiger partial charge on any atom is -0.391 e. The van der Waals surface area contributed by atoms with Crippen LogP contribution in [0.15, 0.2) is 0 Å². The second kappa shape index (κ2) is 7.26. The molecule has 0 aliphatic rings. The topological polar surface area (TPSA) is 58.9 Å². The molecule has 0 rings (SSSR count). The van der Waals surface area contributed by atoms with Gasteiger partial charge in [-0.1, -0.05) is 0 Å². The third-order valence-corrected chi connectivity index (χ3v) is 1.33. The van der Waals surface area contributed by atoms with Gasteiger partial charge in [0.05, 0.1) is 38.1 Å². The van der Waals surface area contributed by atoms with Crippen molar-refractivity contribution in [3.05, 3.63) is 0 Å². The molecule has 80 valence electrons. The van der Waals surface area contributed by atoms with Gasteiger partial charge < -0.3 is 19.7 Å². The molecule has 0 saturated carbocycles. The lowest BCUT2D eigenvalue weighted by Crippen LogP contribution is -2.23. The molecule has 3 atom stereocenters. The smallest absolute Gasteiger partial charge is 0.0781 e. The van der Waals surface area contributed by atoms with Crippen molar-refractivity contribution in [2.24, 2.45) is 0 Å². The molecule has 2 N–H and O–H groups in total. The second-order valence-corrected chi connectivity index (χ2v) is 3.38. The van der Waals surface area contributed by atoms with Crippen molar-refractivity contribution in [3.63, 3.8) is 0 Å². The summed E-state index contributed by atoms with van der Waals surface area (Å²) in [5, 5.41) is 17.8. The van der Waals surface area contributed by atoms with Crippen LogP contribution in [0.2, 0.25) is 0 Å². The van der Waals surface area contributed by atoms with Gasteiger partial charge in [-0.25, -0.2) is 0 Å². The molecule has 0 aromatic carbocycles. The molecule has 0 heterocycles. The molecule has 0 aliphatic carbocycles. The fourth-order valence-electron chi connectivity index (χ4n) is 0.756. The molecule has 4 nitrogen and oxygen atoms in total. The summed E-state index contributed by atoms with van der Waals surface area (Å²) in [5.74, 6) is 0. The predicted molar refractivity (Wildman–Crippen MR) is 49.6 cm³/mol. The van der Waals surface area contributed by atoms with Gasteiger partial charge in [-0.3, -0.25) is 0 Å². The van der Waals surface area contributed by atoms with Crippen molar-refractivity contribution in [3.8, 4) is 0 Å². The molecule has 0 fully saturated rings. The maximum atomic E-state index is 8.91. The fraction of sp³-hybridized carbons (Fsp3) is 1.00. The molecule has 0 radical (unpaired) electrons. The largest absolute Gasteiger partial charge is 0.391 e. The van der Waals surface area contributed by atoms with E-state index < -0.39 is 12.2 Å². The lowest BCUT2D eigenvalue weighted by atomic mass is 10.4. The first kappa shape index (κ1) is 12.8. The minimum atomic E-state index is -0.445. The number of aliphatic hydroxyl groups is 2. The number of hydrogen-bond acceptors (Lipinski definition) is 4.